The summed E-state index contributed by atoms with van der Waals surface area (Å²) in [4.78, 5) is 13.0. The van der Waals surface area contributed by atoms with Gasteiger partial charge >= 0.3 is 0 Å². The number of amides is 1. The van der Waals surface area contributed by atoms with Gasteiger partial charge in [0.15, 0.2) is 0 Å². The van der Waals surface area contributed by atoms with Crippen molar-refractivity contribution in [1.82, 2.24) is 4.90 Å². The number of likely N-dealkylation sites (tertiary alicyclic amines) is 1. The average Bonchev–Trinajstić information content (AvgIpc) is 2.15. The lowest BCUT2D eigenvalue weighted by atomic mass is 9.91. The van der Waals surface area contributed by atoms with E-state index in [0.717, 1.165) is 6.92 Å². The number of rotatable bonds is 2. The molecule has 15 heavy (non-hydrogen) atoms. The molecule has 0 bridgehead atoms. The number of hydrogen-bond acceptors (Lipinski definition) is 2. The highest BCUT2D eigenvalue weighted by molar-refractivity contribution is 5.81. The Hall–Kier alpha value is -0.710. The van der Waals surface area contributed by atoms with E-state index in [1.807, 2.05) is 0 Å². The van der Waals surface area contributed by atoms with Crippen LogP contribution in [0, 0.1) is 5.92 Å². The van der Waals surface area contributed by atoms with Gasteiger partial charge < -0.3 is 10.6 Å². The number of alkyl halides is 2. The summed E-state index contributed by atoms with van der Waals surface area (Å²) >= 11 is 0. The Morgan fingerprint density at radius 1 is 1.47 bits per heavy atom. The minimum absolute atomic E-state index is 0.145. The molecular weight excluding hydrogens is 202 g/mol. The first kappa shape index (κ1) is 12.4. The van der Waals surface area contributed by atoms with Crippen LogP contribution in [0.15, 0.2) is 0 Å². The molecule has 0 saturated carbocycles. The van der Waals surface area contributed by atoms with Gasteiger partial charge in [0.25, 0.3) is 0 Å². The standard InChI is InChI=1S/C10H18F2N2O/c1-7(13)9(15)14-5-3-8(4-6-14)10(2,11)12/h7-8H,3-6,13H2,1-2H3/t7-/m0/s1. The van der Waals surface area contributed by atoms with E-state index in [2.05, 4.69) is 0 Å². The molecule has 1 amide bonds. The van der Waals surface area contributed by atoms with Crippen LogP contribution < -0.4 is 5.73 Å². The maximum Gasteiger partial charge on any atom is 0.248 e. The molecule has 0 spiro atoms. The topological polar surface area (TPSA) is 46.3 Å². The second-order valence-electron chi connectivity index (χ2n) is 4.34. The summed E-state index contributed by atoms with van der Waals surface area (Å²) in [6, 6.07) is -0.538. The lowest BCUT2D eigenvalue weighted by molar-refractivity contribution is -0.136. The Labute approximate surface area is 88.6 Å². The maximum atomic E-state index is 13.0. The molecule has 0 aromatic carbocycles. The van der Waals surface area contributed by atoms with Crippen molar-refractivity contribution < 1.29 is 13.6 Å². The van der Waals surface area contributed by atoms with E-state index in [0.29, 0.717) is 25.9 Å². The van der Waals surface area contributed by atoms with Crippen molar-refractivity contribution in [3.8, 4) is 0 Å². The minimum Gasteiger partial charge on any atom is -0.341 e. The smallest absolute Gasteiger partial charge is 0.248 e. The molecule has 1 fully saturated rings. The number of carbonyl (C=O) groups is 1. The van der Waals surface area contributed by atoms with Crippen molar-refractivity contribution in [2.24, 2.45) is 11.7 Å². The molecule has 0 unspecified atom stereocenters. The van der Waals surface area contributed by atoms with Crippen LogP contribution in [0.1, 0.15) is 26.7 Å². The van der Waals surface area contributed by atoms with Gasteiger partial charge in [0.1, 0.15) is 0 Å². The number of nitrogens with two attached hydrogens (primary N) is 1. The van der Waals surface area contributed by atoms with E-state index < -0.39 is 17.9 Å². The molecule has 1 saturated heterocycles. The molecule has 2 N–H and O–H groups in total. The molecule has 1 heterocycles. The molecule has 0 aromatic rings. The lowest BCUT2D eigenvalue weighted by Crippen LogP contribution is -2.47. The fourth-order valence-electron chi connectivity index (χ4n) is 1.89. The van der Waals surface area contributed by atoms with Crippen LogP contribution in [-0.2, 0) is 4.79 Å². The second kappa shape index (κ2) is 4.43. The summed E-state index contributed by atoms with van der Waals surface area (Å²) in [6.45, 7) is 3.35. The first-order valence-electron chi connectivity index (χ1n) is 5.24. The molecular formula is C10H18F2N2O. The molecule has 3 nitrogen and oxygen atoms in total. The summed E-state index contributed by atoms with van der Waals surface area (Å²) in [5.41, 5.74) is 5.45. The van der Waals surface area contributed by atoms with Gasteiger partial charge in [-0.15, -0.1) is 0 Å². The summed E-state index contributed by atoms with van der Waals surface area (Å²) < 4.78 is 25.9. The fraction of sp³-hybridized carbons (Fsp3) is 0.900. The Balaban J connectivity index is 2.46. The zero-order chi connectivity index (χ0) is 11.6. The van der Waals surface area contributed by atoms with Crippen LogP contribution in [-0.4, -0.2) is 35.9 Å². The third kappa shape index (κ3) is 3.12. The molecule has 88 valence electrons. The maximum absolute atomic E-state index is 13.0. The van der Waals surface area contributed by atoms with Crippen LogP contribution in [0.3, 0.4) is 0 Å². The van der Waals surface area contributed by atoms with E-state index >= 15 is 0 Å². The monoisotopic (exact) mass is 220 g/mol. The Bertz CT molecular complexity index is 230. The molecule has 1 atom stereocenters. The molecule has 1 rings (SSSR count). The lowest BCUT2D eigenvalue weighted by Gasteiger charge is -2.35. The van der Waals surface area contributed by atoms with E-state index in [9.17, 15) is 13.6 Å². The third-order valence-corrected chi connectivity index (χ3v) is 2.91. The van der Waals surface area contributed by atoms with Gasteiger partial charge in [-0.2, -0.15) is 0 Å². The van der Waals surface area contributed by atoms with Crippen molar-refractivity contribution in [3.63, 3.8) is 0 Å². The number of piperidine rings is 1. The number of hydrogen-bond donors (Lipinski definition) is 1. The van der Waals surface area contributed by atoms with Gasteiger partial charge in [0, 0.05) is 19.0 Å². The summed E-state index contributed by atoms with van der Waals surface area (Å²) in [5, 5.41) is 0. The van der Waals surface area contributed by atoms with E-state index in [-0.39, 0.29) is 5.91 Å². The van der Waals surface area contributed by atoms with Gasteiger partial charge in [-0.25, -0.2) is 8.78 Å². The quantitative estimate of drug-likeness (QED) is 0.760. The summed E-state index contributed by atoms with van der Waals surface area (Å²) in [7, 11) is 0. The van der Waals surface area contributed by atoms with E-state index in [4.69, 9.17) is 5.73 Å². The zero-order valence-electron chi connectivity index (χ0n) is 9.17. The second-order valence-corrected chi connectivity index (χ2v) is 4.34. The van der Waals surface area contributed by atoms with Gasteiger partial charge in [0.05, 0.1) is 6.04 Å². The van der Waals surface area contributed by atoms with Gasteiger partial charge in [-0.1, -0.05) is 0 Å². The van der Waals surface area contributed by atoms with Gasteiger partial charge in [-0.3, -0.25) is 4.79 Å². The van der Waals surface area contributed by atoms with E-state index in [1.165, 1.54) is 0 Å². The summed E-state index contributed by atoms with van der Waals surface area (Å²) in [5.74, 6) is -3.38. The van der Waals surface area contributed by atoms with Crippen LogP contribution in [0.4, 0.5) is 8.78 Å². The molecule has 0 radical (unpaired) electrons. The van der Waals surface area contributed by atoms with Crippen molar-refractivity contribution in [3.05, 3.63) is 0 Å². The van der Waals surface area contributed by atoms with Crippen molar-refractivity contribution in [2.75, 3.05) is 13.1 Å². The Morgan fingerprint density at radius 2 is 1.93 bits per heavy atom. The molecule has 0 aliphatic carbocycles. The van der Waals surface area contributed by atoms with Crippen LogP contribution in [0.25, 0.3) is 0 Å². The SMILES string of the molecule is C[C@H](N)C(=O)N1CCC(C(C)(F)F)CC1. The van der Waals surface area contributed by atoms with E-state index in [1.54, 1.807) is 11.8 Å². The summed E-state index contributed by atoms with van der Waals surface area (Å²) in [6.07, 6.45) is 0.726. The third-order valence-electron chi connectivity index (χ3n) is 2.91. The molecule has 5 heteroatoms. The van der Waals surface area contributed by atoms with Gasteiger partial charge in [-0.05, 0) is 26.7 Å². The predicted octanol–water partition coefficient (Wildman–Crippen LogP) is 1.23. The van der Waals surface area contributed by atoms with Crippen LogP contribution in [0.2, 0.25) is 0 Å². The molecule has 1 aliphatic heterocycles. The molecule has 1 aliphatic rings. The Morgan fingerprint density at radius 3 is 2.27 bits per heavy atom. The van der Waals surface area contributed by atoms with Crippen LogP contribution in [0.5, 0.6) is 0 Å². The van der Waals surface area contributed by atoms with Crippen LogP contribution >= 0.6 is 0 Å². The largest absolute Gasteiger partial charge is 0.341 e. The first-order chi connectivity index (χ1) is 6.82. The minimum atomic E-state index is -2.64. The highest BCUT2D eigenvalue weighted by Crippen LogP contribution is 2.32. The fourth-order valence-corrected chi connectivity index (χ4v) is 1.89. The Kier molecular flexibility index (Phi) is 3.65. The van der Waals surface area contributed by atoms with Crippen molar-refractivity contribution in [1.29, 1.82) is 0 Å². The number of halogens is 2. The highest BCUT2D eigenvalue weighted by atomic mass is 19.3. The molecule has 0 aromatic heterocycles. The van der Waals surface area contributed by atoms with Crippen molar-refractivity contribution >= 4 is 5.91 Å². The normalized spacial score (nSPS) is 21.5. The highest BCUT2D eigenvalue weighted by Gasteiger charge is 2.37. The predicted molar refractivity (Wildman–Crippen MR) is 53.6 cm³/mol. The zero-order valence-corrected chi connectivity index (χ0v) is 9.17. The van der Waals surface area contributed by atoms with Crippen molar-refractivity contribution in [2.45, 2.75) is 38.7 Å². The average molecular weight is 220 g/mol. The first-order valence-corrected chi connectivity index (χ1v) is 5.24. The number of carbonyl (C=O) groups excluding carboxylic acids is 1. The number of nitrogens with zero attached hydrogens (tertiary/aromatic N) is 1. The van der Waals surface area contributed by atoms with Gasteiger partial charge in [0.2, 0.25) is 11.8 Å².